The van der Waals surface area contributed by atoms with E-state index in [1.165, 1.54) is 10.5 Å². The van der Waals surface area contributed by atoms with Crippen molar-refractivity contribution < 1.29 is 0 Å². The standard InChI is InChI=1S/C13H16N2S2/c1-9(7-14)12-8-17-13(15-12)10-3-5-11(16-2)6-4-10/h3-6,8-9H,7,14H2,1-2H3. The number of hydrogen-bond acceptors (Lipinski definition) is 4. The van der Waals surface area contributed by atoms with E-state index >= 15 is 0 Å². The number of rotatable bonds is 4. The van der Waals surface area contributed by atoms with Crippen molar-refractivity contribution in [1.82, 2.24) is 4.98 Å². The maximum atomic E-state index is 5.65. The number of thioether (sulfide) groups is 1. The summed E-state index contributed by atoms with van der Waals surface area (Å²) in [5.41, 5.74) is 7.93. The number of thiazole rings is 1. The summed E-state index contributed by atoms with van der Waals surface area (Å²) < 4.78 is 0. The summed E-state index contributed by atoms with van der Waals surface area (Å²) in [7, 11) is 0. The zero-order chi connectivity index (χ0) is 12.3. The van der Waals surface area contributed by atoms with Crippen molar-refractivity contribution in [2.24, 2.45) is 5.73 Å². The number of benzene rings is 1. The van der Waals surface area contributed by atoms with E-state index in [2.05, 4.69) is 47.8 Å². The minimum Gasteiger partial charge on any atom is -0.330 e. The van der Waals surface area contributed by atoms with Crippen LogP contribution in [-0.4, -0.2) is 17.8 Å². The Labute approximate surface area is 110 Å². The maximum Gasteiger partial charge on any atom is 0.123 e. The average Bonchev–Trinajstić information content (AvgIpc) is 2.87. The van der Waals surface area contributed by atoms with E-state index in [1.54, 1.807) is 23.1 Å². The molecule has 90 valence electrons. The molecule has 2 rings (SSSR count). The molecule has 1 atom stereocenters. The maximum absolute atomic E-state index is 5.65. The minimum absolute atomic E-state index is 0.338. The molecule has 0 radical (unpaired) electrons. The Hall–Kier alpha value is -0.840. The Balaban J connectivity index is 2.24. The Morgan fingerprint density at radius 1 is 1.35 bits per heavy atom. The highest BCUT2D eigenvalue weighted by molar-refractivity contribution is 7.98. The molecule has 0 spiro atoms. The molecule has 1 aromatic carbocycles. The predicted molar refractivity (Wildman–Crippen MR) is 76.8 cm³/mol. The monoisotopic (exact) mass is 264 g/mol. The first-order valence-corrected chi connectivity index (χ1v) is 7.65. The quantitative estimate of drug-likeness (QED) is 0.858. The van der Waals surface area contributed by atoms with Crippen LogP contribution in [0.1, 0.15) is 18.5 Å². The van der Waals surface area contributed by atoms with E-state index in [0.29, 0.717) is 12.5 Å². The van der Waals surface area contributed by atoms with Gasteiger partial charge in [0.1, 0.15) is 5.01 Å². The summed E-state index contributed by atoms with van der Waals surface area (Å²) in [5, 5.41) is 3.18. The zero-order valence-corrected chi connectivity index (χ0v) is 11.6. The second-order valence-electron chi connectivity index (χ2n) is 3.94. The van der Waals surface area contributed by atoms with Crippen LogP contribution in [0.3, 0.4) is 0 Å². The van der Waals surface area contributed by atoms with Gasteiger partial charge >= 0.3 is 0 Å². The summed E-state index contributed by atoms with van der Waals surface area (Å²) in [4.78, 5) is 5.92. The lowest BCUT2D eigenvalue weighted by atomic mass is 10.1. The Kier molecular flexibility index (Phi) is 4.20. The number of hydrogen-bond donors (Lipinski definition) is 1. The highest BCUT2D eigenvalue weighted by atomic mass is 32.2. The van der Waals surface area contributed by atoms with Gasteiger partial charge in [-0.15, -0.1) is 23.1 Å². The number of nitrogens with two attached hydrogens (primary N) is 1. The van der Waals surface area contributed by atoms with E-state index in [1.807, 2.05) is 0 Å². The molecule has 17 heavy (non-hydrogen) atoms. The van der Waals surface area contributed by atoms with Gasteiger partial charge in [0.15, 0.2) is 0 Å². The third-order valence-electron chi connectivity index (χ3n) is 2.72. The lowest BCUT2D eigenvalue weighted by molar-refractivity contribution is 0.752. The van der Waals surface area contributed by atoms with Crippen LogP contribution in [0.5, 0.6) is 0 Å². The molecule has 4 heteroatoms. The SMILES string of the molecule is CSc1ccc(-c2nc(C(C)CN)cs2)cc1. The molecule has 0 saturated heterocycles. The first-order chi connectivity index (χ1) is 8.24. The summed E-state index contributed by atoms with van der Waals surface area (Å²) in [6.07, 6.45) is 2.08. The van der Waals surface area contributed by atoms with Gasteiger partial charge in [-0.3, -0.25) is 0 Å². The van der Waals surface area contributed by atoms with Gasteiger partial charge in [-0.05, 0) is 18.4 Å². The van der Waals surface area contributed by atoms with Gasteiger partial charge in [0.2, 0.25) is 0 Å². The van der Waals surface area contributed by atoms with Crippen molar-refractivity contribution in [3.8, 4) is 10.6 Å². The minimum atomic E-state index is 0.338. The largest absolute Gasteiger partial charge is 0.330 e. The molecule has 0 bridgehead atoms. The van der Waals surface area contributed by atoms with Crippen LogP contribution in [0.2, 0.25) is 0 Å². The molecular formula is C13H16N2S2. The Bertz CT molecular complexity index is 476. The second-order valence-corrected chi connectivity index (χ2v) is 5.68. The molecule has 1 heterocycles. The number of nitrogens with zero attached hydrogens (tertiary/aromatic N) is 1. The summed E-state index contributed by atoms with van der Waals surface area (Å²) in [5.74, 6) is 0.338. The van der Waals surface area contributed by atoms with E-state index < -0.39 is 0 Å². The lowest BCUT2D eigenvalue weighted by Gasteiger charge is -2.03. The van der Waals surface area contributed by atoms with E-state index in [-0.39, 0.29) is 0 Å². The third kappa shape index (κ3) is 2.89. The van der Waals surface area contributed by atoms with Crippen molar-refractivity contribution >= 4 is 23.1 Å². The van der Waals surface area contributed by atoms with Crippen LogP contribution in [0.25, 0.3) is 10.6 Å². The topological polar surface area (TPSA) is 38.9 Å². The van der Waals surface area contributed by atoms with Crippen LogP contribution in [0.15, 0.2) is 34.5 Å². The molecule has 0 aliphatic heterocycles. The molecule has 0 fully saturated rings. The van der Waals surface area contributed by atoms with Gasteiger partial charge in [-0.2, -0.15) is 0 Å². The molecule has 2 N–H and O–H groups in total. The van der Waals surface area contributed by atoms with Crippen LogP contribution in [-0.2, 0) is 0 Å². The fourth-order valence-electron chi connectivity index (χ4n) is 1.50. The van der Waals surface area contributed by atoms with E-state index in [0.717, 1.165) is 10.7 Å². The summed E-state index contributed by atoms with van der Waals surface area (Å²) in [6.45, 7) is 2.75. The third-order valence-corrected chi connectivity index (χ3v) is 4.37. The highest BCUT2D eigenvalue weighted by Crippen LogP contribution is 2.28. The normalized spacial score (nSPS) is 12.6. The molecule has 1 unspecified atom stereocenters. The Morgan fingerprint density at radius 3 is 2.65 bits per heavy atom. The molecule has 0 amide bonds. The van der Waals surface area contributed by atoms with E-state index in [9.17, 15) is 0 Å². The second kappa shape index (κ2) is 5.67. The fourth-order valence-corrected chi connectivity index (χ4v) is 2.86. The smallest absolute Gasteiger partial charge is 0.123 e. The van der Waals surface area contributed by atoms with Crippen LogP contribution in [0, 0.1) is 0 Å². The van der Waals surface area contributed by atoms with E-state index in [4.69, 9.17) is 5.73 Å². The molecule has 2 nitrogen and oxygen atoms in total. The molecule has 0 saturated carbocycles. The zero-order valence-electron chi connectivity index (χ0n) is 10.0. The highest BCUT2D eigenvalue weighted by Gasteiger charge is 2.09. The average molecular weight is 264 g/mol. The van der Waals surface area contributed by atoms with Gasteiger partial charge < -0.3 is 5.73 Å². The first kappa shape index (κ1) is 12.6. The summed E-state index contributed by atoms with van der Waals surface area (Å²) >= 11 is 3.44. The van der Waals surface area contributed by atoms with Gasteiger partial charge in [-0.25, -0.2) is 4.98 Å². The Morgan fingerprint density at radius 2 is 2.06 bits per heavy atom. The van der Waals surface area contributed by atoms with Gasteiger partial charge in [0.05, 0.1) is 5.69 Å². The van der Waals surface area contributed by atoms with Crippen LogP contribution >= 0.6 is 23.1 Å². The molecule has 0 aliphatic rings. The lowest BCUT2D eigenvalue weighted by Crippen LogP contribution is -2.08. The first-order valence-electron chi connectivity index (χ1n) is 5.54. The van der Waals surface area contributed by atoms with Crippen molar-refractivity contribution in [2.75, 3.05) is 12.8 Å². The van der Waals surface area contributed by atoms with Crippen molar-refractivity contribution in [3.05, 3.63) is 35.3 Å². The predicted octanol–water partition coefficient (Wildman–Crippen LogP) is 3.59. The molecule has 0 aliphatic carbocycles. The summed E-state index contributed by atoms with van der Waals surface area (Å²) in [6, 6.07) is 8.52. The van der Waals surface area contributed by atoms with Crippen LogP contribution < -0.4 is 5.73 Å². The van der Waals surface area contributed by atoms with Gasteiger partial charge in [-0.1, -0.05) is 19.1 Å². The number of aromatic nitrogens is 1. The van der Waals surface area contributed by atoms with Crippen molar-refractivity contribution in [3.63, 3.8) is 0 Å². The molecule has 2 aromatic rings. The van der Waals surface area contributed by atoms with Crippen molar-refractivity contribution in [2.45, 2.75) is 17.7 Å². The van der Waals surface area contributed by atoms with Crippen molar-refractivity contribution in [1.29, 1.82) is 0 Å². The van der Waals surface area contributed by atoms with Crippen LogP contribution in [0.4, 0.5) is 0 Å². The molecular weight excluding hydrogens is 248 g/mol. The van der Waals surface area contributed by atoms with Gasteiger partial charge in [0, 0.05) is 28.3 Å². The fraction of sp³-hybridized carbons (Fsp3) is 0.308. The van der Waals surface area contributed by atoms with Gasteiger partial charge in [0.25, 0.3) is 0 Å². The molecule has 1 aromatic heterocycles.